The van der Waals surface area contributed by atoms with Gasteiger partial charge in [-0.15, -0.1) is 0 Å². The molecule has 0 aliphatic heterocycles. The number of hydrogen-bond acceptors (Lipinski definition) is 0. The van der Waals surface area contributed by atoms with Crippen LogP contribution in [-0.4, -0.2) is 13.2 Å². The van der Waals surface area contributed by atoms with E-state index in [1.54, 1.807) is 0 Å². The molecule has 0 heterocycles. The van der Waals surface area contributed by atoms with Crippen LogP contribution < -0.4 is 0 Å². The van der Waals surface area contributed by atoms with Crippen molar-refractivity contribution >= 4 is 0 Å². The fourth-order valence-corrected chi connectivity index (χ4v) is 2.05. The summed E-state index contributed by atoms with van der Waals surface area (Å²) in [6, 6.07) is 0. The minimum atomic E-state index is -0.158. The summed E-state index contributed by atoms with van der Waals surface area (Å²) in [5.74, 6) is 0.933. The van der Waals surface area contributed by atoms with Crippen molar-refractivity contribution in [3.8, 4) is 0 Å². The van der Waals surface area contributed by atoms with E-state index in [9.17, 15) is 4.39 Å². The van der Waals surface area contributed by atoms with Gasteiger partial charge in [0, 0.05) is 6.42 Å². The first-order valence-electron chi connectivity index (χ1n) is 4.76. The molecule has 2 atom stereocenters. The van der Waals surface area contributed by atoms with E-state index in [0.29, 0.717) is 18.4 Å². The summed E-state index contributed by atoms with van der Waals surface area (Å²) < 4.78 is 12.3. The van der Waals surface area contributed by atoms with Crippen LogP contribution in [-0.2, 0) is 0 Å². The van der Waals surface area contributed by atoms with Gasteiger partial charge in [0.2, 0.25) is 6.54 Å². The van der Waals surface area contributed by atoms with Crippen molar-refractivity contribution in [1.29, 1.82) is 0 Å². The molecule has 0 amide bonds. The molecule has 1 fully saturated rings. The fourth-order valence-electron chi connectivity index (χ4n) is 2.05. The molecule has 12 heavy (non-hydrogen) atoms. The zero-order valence-electron chi connectivity index (χ0n) is 7.43. The van der Waals surface area contributed by atoms with E-state index in [1.165, 1.54) is 6.42 Å². The maximum Gasteiger partial charge on any atom is 0.214 e. The van der Waals surface area contributed by atoms with Gasteiger partial charge in [-0.1, -0.05) is 12.8 Å². The molecule has 2 heteroatoms. The average molecular weight is 169 g/mol. The summed E-state index contributed by atoms with van der Waals surface area (Å²) in [6.45, 7) is 7.14. The summed E-state index contributed by atoms with van der Waals surface area (Å²) in [6.07, 6.45) is 5.44. The lowest BCUT2D eigenvalue weighted by Crippen LogP contribution is -2.17. The van der Waals surface area contributed by atoms with E-state index < -0.39 is 0 Å². The van der Waals surface area contributed by atoms with Gasteiger partial charge in [0.1, 0.15) is 0 Å². The molecular formula is C10H16FN. The molecule has 0 bridgehead atoms. The first-order chi connectivity index (χ1) is 5.86. The monoisotopic (exact) mass is 169 g/mol. The van der Waals surface area contributed by atoms with Gasteiger partial charge in [-0.25, -0.2) is 6.57 Å². The van der Waals surface area contributed by atoms with Crippen LogP contribution in [0.4, 0.5) is 4.39 Å². The van der Waals surface area contributed by atoms with Gasteiger partial charge in [0.05, 0.1) is 6.67 Å². The van der Waals surface area contributed by atoms with Crippen molar-refractivity contribution in [2.24, 2.45) is 11.8 Å². The van der Waals surface area contributed by atoms with E-state index in [-0.39, 0.29) is 6.67 Å². The molecule has 1 aliphatic rings. The molecule has 0 aromatic heterocycles. The molecule has 0 N–H and O–H groups in total. The molecule has 68 valence electrons. The molecule has 0 aromatic rings. The molecule has 0 aromatic carbocycles. The Morgan fingerprint density at radius 1 is 1.33 bits per heavy atom. The molecule has 0 saturated heterocycles. The van der Waals surface area contributed by atoms with E-state index in [4.69, 9.17) is 6.57 Å². The van der Waals surface area contributed by atoms with Crippen LogP contribution in [0.25, 0.3) is 4.85 Å². The Labute approximate surface area is 73.8 Å². The summed E-state index contributed by atoms with van der Waals surface area (Å²) in [4.78, 5) is 3.34. The fraction of sp³-hybridized carbons (Fsp3) is 0.900. The topological polar surface area (TPSA) is 4.36 Å². The Morgan fingerprint density at radius 3 is 2.75 bits per heavy atom. The summed E-state index contributed by atoms with van der Waals surface area (Å²) >= 11 is 0. The highest BCUT2D eigenvalue weighted by atomic mass is 19.1. The molecule has 1 nitrogen and oxygen atoms in total. The Kier molecular flexibility index (Phi) is 4.07. The van der Waals surface area contributed by atoms with Crippen LogP contribution in [0.1, 0.15) is 32.1 Å². The lowest BCUT2D eigenvalue weighted by Gasteiger charge is -2.25. The third kappa shape index (κ3) is 2.81. The number of rotatable bonds is 3. The zero-order chi connectivity index (χ0) is 8.81. The van der Waals surface area contributed by atoms with Gasteiger partial charge in [-0.2, -0.15) is 0 Å². The van der Waals surface area contributed by atoms with Crippen LogP contribution in [0.15, 0.2) is 0 Å². The molecule has 1 aliphatic carbocycles. The van der Waals surface area contributed by atoms with Crippen LogP contribution in [0.5, 0.6) is 0 Å². The van der Waals surface area contributed by atoms with Crippen molar-refractivity contribution in [3.63, 3.8) is 0 Å². The Morgan fingerprint density at radius 2 is 2.08 bits per heavy atom. The highest BCUT2D eigenvalue weighted by Crippen LogP contribution is 2.31. The predicted molar refractivity (Wildman–Crippen MR) is 47.5 cm³/mol. The van der Waals surface area contributed by atoms with Crippen molar-refractivity contribution < 1.29 is 4.39 Å². The van der Waals surface area contributed by atoms with Crippen LogP contribution in [0.3, 0.4) is 0 Å². The molecule has 0 spiro atoms. The standard InChI is InChI=1S/C10H16FN/c1-12-6-5-9-3-2-4-10(7-9)8-11/h9-10H,2-8H2. The molecule has 0 radical (unpaired) electrons. The van der Waals surface area contributed by atoms with Gasteiger partial charge in [0.15, 0.2) is 0 Å². The maximum atomic E-state index is 12.3. The first-order valence-corrected chi connectivity index (χ1v) is 4.76. The third-order valence-corrected chi connectivity index (χ3v) is 2.76. The number of nitrogens with zero attached hydrogens (tertiary/aromatic N) is 1. The van der Waals surface area contributed by atoms with Crippen molar-refractivity contribution in [1.82, 2.24) is 0 Å². The summed E-state index contributed by atoms with van der Waals surface area (Å²) in [7, 11) is 0. The Balaban J connectivity index is 2.22. The van der Waals surface area contributed by atoms with Gasteiger partial charge >= 0.3 is 0 Å². The predicted octanol–water partition coefficient (Wildman–Crippen LogP) is 3.07. The normalized spacial score (nSPS) is 29.7. The maximum absolute atomic E-state index is 12.3. The molecule has 1 saturated carbocycles. The summed E-state index contributed by atoms with van der Waals surface area (Å²) in [5, 5.41) is 0. The van der Waals surface area contributed by atoms with Crippen LogP contribution >= 0.6 is 0 Å². The minimum Gasteiger partial charge on any atom is -0.317 e. The lowest BCUT2D eigenvalue weighted by molar-refractivity contribution is 0.218. The SMILES string of the molecule is [C-]#[N+]CCC1CCCC(CF)C1. The smallest absolute Gasteiger partial charge is 0.214 e. The Bertz CT molecular complexity index is 162. The quantitative estimate of drug-likeness (QED) is 0.572. The van der Waals surface area contributed by atoms with Crippen molar-refractivity contribution in [3.05, 3.63) is 11.4 Å². The molecule has 1 rings (SSSR count). The second-order valence-electron chi connectivity index (χ2n) is 3.72. The van der Waals surface area contributed by atoms with Gasteiger partial charge in [0.25, 0.3) is 0 Å². The minimum absolute atomic E-state index is 0.158. The zero-order valence-corrected chi connectivity index (χ0v) is 7.43. The highest BCUT2D eigenvalue weighted by molar-refractivity contribution is 4.75. The highest BCUT2D eigenvalue weighted by Gasteiger charge is 2.21. The van der Waals surface area contributed by atoms with E-state index in [1.807, 2.05) is 0 Å². The van der Waals surface area contributed by atoms with E-state index in [2.05, 4.69) is 4.85 Å². The molecule has 2 unspecified atom stereocenters. The first kappa shape index (κ1) is 9.51. The van der Waals surface area contributed by atoms with Gasteiger partial charge in [-0.05, 0) is 24.7 Å². The van der Waals surface area contributed by atoms with Crippen LogP contribution in [0, 0.1) is 18.4 Å². The van der Waals surface area contributed by atoms with Crippen molar-refractivity contribution in [2.75, 3.05) is 13.2 Å². The Hall–Kier alpha value is -0.580. The lowest BCUT2D eigenvalue weighted by atomic mass is 9.80. The summed E-state index contributed by atoms with van der Waals surface area (Å²) in [5.41, 5.74) is 0. The number of hydrogen-bond donors (Lipinski definition) is 0. The van der Waals surface area contributed by atoms with E-state index >= 15 is 0 Å². The number of halogens is 1. The van der Waals surface area contributed by atoms with E-state index in [0.717, 1.165) is 25.7 Å². The second-order valence-corrected chi connectivity index (χ2v) is 3.72. The largest absolute Gasteiger partial charge is 0.317 e. The van der Waals surface area contributed by atoms with Gasteiger partial charge in [-0.3, -0.25) is 4.39 Å². The van der Waals surface area contributed by atoms with Crippen molar-refractivity contribution in [2.45, 2.75) is 32.1 Å². The second kappa shape index (κ2) is 5.13. The molecular weight excluding hydrogens is 153 g/mol. The average Bonchev–Trinajstić information content (AvgIpc) is 2.15. The van der Waals surface area contributed by atoms with Gasteiger partial charge < -0.3 is 4.85 Å². The third-order valence-electron chi connectivity index (χ3n) is 2.76. The van der Waals surface area contributed by atoms with Crippen LogP contribution in [0.2, 0.25) is 0 Å². The number of alkyl halides is 1.